The third kappa shape index (κ3) is 4.22. The fourth-order valence-corrected chi connectivity index (χ4v) is 2.85. The molecule has 1 heterocycles. The molecule has 3 N–H and O–H groups in total. The van der Waals surface area contributed by atoms with Crippen molar-refractivity contribution in [2.24, 2.45) is 5.73 Å². The van der Waals surface area contributed by atoms with E-state index in [0.717, 1.165) is 11.3 Å². The quantitative estimate of drug-likeness (QED) is 0.784. The number of esters is 1. The summed E-state index contributed by atoms with van der Waals surface area (Å²) in [5.74, 6) is 0.0907. The summed E-state index contributed by atoms with van der Waals surface area (Å²) >= 11 is 2.88. The van der Waals surface area contributed by atoms with Gasteiger partial charge in [-0.1, -0.05) is 0 Å². The predicted octanol–water partition coefficient (Wildman–Crippen LogP) is 1.86. The van der Waals surface area contributed by atoms with Crippen LogP contribution in [0.2, 0.25) is 0 Å². The van der Waals surface area contributed by atoms with Gasteiger partial charge in [0.25, 0.3) is 0 Å². The summed E-state index contributed by atoms with van der Waals surface area (Å²) in [6, 6.07) is -0.572. The Balaban J connectivity index is 2.78. The molecule has 1 aromatic rings. The Hall–Kier alpha value is -1.05. The molecule has 19 heavy (non-hydrogen) atoms. The Morgan fingerprint density at radius 2 is 2.26 bits per heavy atom. The number of aryl methyl sites for hydroxylation is 1. The number of carbonyl (C=O) groups excluding carboxylic acids is 2. The molecule has 1 rings (SSSR count). The van der Waals surface area contributed by atoms with Gasteiger partial charge >= 0.3 is 5.97 Å². The molecule has 0 saturated heterocycles. The van der Waals surface area contributed by atoms with E-state index in [1.54, 1.807) is 17.1 Å². The molecule has 0 unspecified atom stereocenters. The molecule has 1 aromatic heterocycles. The number of carbonyl (C=O) groups is 2. The van der Waals surface area contributed by atoms with Crippen molar-refractivity contribution in [3.05, 3.63) is 15.8 Å². The first-order chi connectivity index (χ1) is 9.01. The van der Waals surface area contributed by atoms with Gasteiger partial charge in [0.15, 0.2) is 0 Å². The Kier molecular flexibility index (Phi) is 6.33. The molecule has 1 amide bonds. The number of rotatable bonds is 6. The molecule has 0 radical (unpaired) electrons. The highest BCUT2D eigenvalue weighted by atomic mass is 32.2. The summed E-state index contributed by atoms with van der Waals surface area (Å²) in [5, 5.41) is 4.52. The number of nitrogens with one attached hydrogen (secondary N) is 1. The second kappa shape index (κ2) is 7.52. The maximum Gasteiger partial charge on any atom is 0.350 e. The number of nitrogens with two attached hydrogens (primary N) is 1. The van der Waals surface area contributed by atoms with E-state index in [-0.39, 0.29) is 5.91 Å². The summed E-state index contributed by atoms with van der Waals surface area (Å²) in [6.07, 6.45) is 2.56. The standard InChI is InChI=1S/C12H18N2O3S2/c1-7-6-19-10(12(16)17-2)9(7)14-11(15)8(13)4-5-18-3/h6,8H,4-5,13H2,1-3H3,(H,14,15)/t8-/m0/s1. The van der Waals surface area contributed by atoms with Crippen molar-refractivity contribution in [3.8, 4) is 0 Å². The van der Waals surface area contributed by atoms with Gasteiger partial charge in [-0.15, -0.1) is 11.3 Å². The molecule has 0 aliphatic carbocycles. The van der Waals surface area contributed by atoms with Gasteiger partial charge in [0.05, 0.1) is 18.8 Å². The Morgan fingerprint density at radius 1 is 1.58 bits per heavy atom. The van der Waals surface area contributed by atoms with Crippen LogP contribution in [0.1, 0.15) is 21.7 Å². The first-order valence-corrected chi connectivity index (χ1v) is 8.00. The lowest BCUT2D eigenvalue weighted by Gasteiger charge is -2.12. The van der Waals surface area contributed by atoms with Gasteiger partial charge in [-0.25, -0.2) is 4.79 Å². The van der Waals surface area contributed by atoms with Crippen LogP contribution in [-0.2, 0) is 9.53 Å². The Labute approximate surface area is 120 Å². The molecule has 5 nitrogen and oxygen atoms in total. The number of ether oxygens (including phenoxy) is 1. The highest BCUT2D eigenvalue weighted by Gasteiger charge is 2.21. The molecule has 0 aliphatic heterocycles. The number of amides is 1. The maximum atomic E-state index is 11.9. The summed E-state index contributed by atoms with van der Waals surface area (Å²) in [5.41, 5.74) is 7.12. The van der Waals surface area contributed by atoms with Gasteiger partial charge in [0, 0.05) is 0 Å². The molecular formula is C12H18N2O3S2. The Morgan fingerprint density at radius 3 is 2.84 bits per heavy atom. The lowest BCUT2D eigenvalue weighted by molar-refractivity contribution is -0.117. The molecule has 106 valence electrons. The third-order valence-electron chi connectivity index (χ3n) is 2.56. The summed E-state index contributed by atoms with van der Waals surface area (Å²) in [6.45, 7) is 1.83. The first kappa shape index (κ1) is 16.0. The highest BCUT2D eigenvalue weighted by molar-refractivity contribution is 7.98. The van der Waals surface area contributed by atoms with Crippen LogP contribution in [0.3, 0.4) is 0 Å². The predicted molar refractivity (Wildman–Crippen MR) is 80.0 cm³/mol. The van der Waals surface area contributed by atoms with Gasteiger partial charge in [-0.05, 0) is 36.3 Å². The highest BCUT2D eigenvalue weighted by Crippen LogP contribution is 2.28. The number of methoxy groups -OCH3 is 1. The van der Waals surface area contributed by atoms with Crippen LogP contribution in [0.4, 0.5) is 5.69 Å². The van der Waals surface area contributed by atoms with Crippen LogP contribution in [0.5, 0.6) is 0 Å². The number of thiophene rings is 1. The van der Waals surface area contributed by atoms with Gasteiger partial charge in [-0.3, -0.25) is 4.79 Å². The number of anilines is 1. The van der Waals surface area contributed by atoms with Crippen molar-refractivity contribution in [2.45, 2.75) is 19.4 Å². The maximum absolute atomic E-state index is 11.9. The van der Waals surface area contributed by atoms with Crippen molar-refractivity contribution in [3.63, 3.8) is 0 Å². The molecule has 0 saturated carbocycles. The summed E-state index contributed by atoms with van der Waals surface area (Å²) in [4.78, 5) is 23.9. The van der Waals surface area contributed by atoms with Crippen molar-refractivity contribution in [1.29, 1.82) is 0 Å². The van der Waals surface area contributed by atoms with Gasteiger partial charge in [0.1, 0.15) is 4.88 Å². The minimum atomic E-state index is -0.572. The average molecular weight is 302 g/mol. The van der Waals surface area contributed by atoms with E-state index in [4.69, 9.17) is 5.73 Å². The van der Waals surface area contributed by atoms with E-state index in [2.05, 4.69) is 10.1 Å². The fraction of sp³-hybridized carbons (Fsp3) is 0.500. The fourth-order valence-electron chi connectivity index (χ4n) is 1.43. The van der Waals surface area contributed by atoms with Crippen LogP contribution >= 0.6 is 23.1 Å². The zero-order valence-corrected chi connectivity index (χ0v) is 12.8. The normalized spacial score (nSPS) is 12.0. The van der Waals surface area contributed by atoms with Crippen molar-refractivity contribution in [1.82, 2.24) is 0 Å². The zero-order chi connectivity index (χ0) is 14.4. The molecule has 1 atom stereocenters. The van der Waals surface area contributed by atoms with Crippen LogP contribution in [0.25, 0.3) is 0 Å². The number of hydrogen-bond donors (Lipinski definition) is 2. The monoisotopic (exact) mass is 302 g/mol. The average Bonchev–Trinajstić information content (AvgIpc) is 2.76. The van der Waals surface area contributed by atoms with Crippen LogP contribution in [0, 0.1) is 6.92 Å². The minimum absolute atomic E-state index is 0.277. The largest absolute Gasteiger partial charge is 0.465 e. The second-order valence-corrected chi connectivity index (χ2v) is 5.86. The lowest BCUT2D eigenvalue weighted by Crippen LogP contribution is -2.36. The van der Waals surface area contributed by atoms with E-state index in [9.17, 15) is 9.59 Å². The van der Waals surface area contributed by atoms with E-state index in [1.807, 2.05) is 13.2 Å². The molecular weight excluding hydrogens is 284 g/mol. The number of hydrogen-bond acceptors (Lipinski definition) is 6. The Bertz CT molecular complexity index is 460. The smallest absolute Gasteiger partial charge is 0.350 e. The molecule has 0 aliphatic rings. The van der Waals surface area contributed by atoms with Gasteiger partial charge in [-0.2, -0.15) is 11.8 Å². The van der Waals surface area contributed by atoms with Crippen LogP contribution in [0.15, 0.2) is 5.38 Å². The minimum Gasteiger partial charge on any atom is -0.465 e. The SMILES string of the molecule is COC(=O)c1scc(C)c1NC(=O)[C@@H](N)CCSC. The molecule has 0 bridgehead atoms. The van der Waals surface area contributed by atoms with Gasteiger partial charge in [0.2, 0.25) is 5.91 Å². The zero-order valence-electron chi connectivity index (χ0n) is 11.2. The molecule has 0 aromatic carbocycles. The molecule has 7 heteroatoms. The number of thioether (sulfide) groups is 1. The van der Waals surface area contributed by atoms with Crippen molar-refractivity contribution >= 4 is 40.7 Å². The van der Waals surface area contributed by atoms with Gasteiger partial charge < -0.3 is 15.8 Å². The van der Waals surface area contributed by atoms with Crippen LogP contribution < -0.4 is 11.1 Å². The van der Waals surface area contributed by atoms with Crippen LogP contribution in [-0.4, -0.2) is 37.0 Å². The van der Waals surface area contributed by atoms with E-state index < -0.39 is 12.0 Å². The van der Waals surface area contributed by atoms with E-state index in [0.29, 0.717) is 17.0 Å². The second-order valence-electron chi connectivity index (χ2n) is 3.99. The molecule has 0 spiro atoms. The summed E-state index contributed by atoms with van der Waals surface area (Å²) < 4.78 is 4.68. The topological polar surface area (TPSA) is 81.4 Å². The van der Waals surface area contributed by atoms with E-state index >= 15 is 0 Å². The molecule has 0 fully saturated rings. The van der Waals surface area contributed by atoms with Crippen molar-refractivity contribution in [2.75, 3.05) is 24.4 Å². The third-order valence-corrected chi connectivity index (χ3v) is 4.29. The summed E-state index contributed by atoms with van der Waals surface area (Å²) in [7, 11) is 1.31. The lowest BCUT2D eigenvalue weighted by atomic mass is 10.2. The first-order valence-electron chi connectivity index (χ1n) is 5.73. The van der Waals surface area contributed by atoms with Crippen molar-refractivity contribution < 1.29 is 14.3 Å². The van der Waals surface area contributed by atoms with E-state index in [1.165, 1.54) is 18.4 Å².